The van der Waals surface area contributed by atoms with Crippen molar-refractivity contribution in [2.75, 3.05) is 33.4 Å². The van der Waals surface area contributed by atoms with Gasteiger partial charge in [0, 0.05) is 19.6 Å². The van der Waals surface area contributed by atoms with Crippen molar-refractivity contribution in [1.82, 2.24) is 4.90 Å². The normalized spacial score (nSPS) is 15.9. The second-order valence-electron chi connectivity index (χ2n) is 5.28. The molecule has 1 aliphatic rings. The SMILES string of the molecule is COc1ccc(-c2ccccc2)c(CN2CCOCC2)c1. The molecule has 0 unspecified atom stereocenters. The average molecular weight is 283 g/mol. The molecule has 0 amide bonds. The lowest BCUT2D eigenvalue weighted by Gasteiger charge is -2.27. The van der Waals surface area contributed by atoms with E-state index >= 15 is 0 Å². The highest BCUT2D eigenvalue weighted by Gasteiger charge is 2.14. The predicted molar refractivity (Wildman–Crippen MR) is 84.5 cm³/mol. The van der Waals surface area contributed by atoms with Crippen molar-refractivity contribution in [3.05, 3.63) is 54.1 Å². The van der Waals surface area contributed by atoms with Gasteiger partial charge in [0.25, 0.3) is 0 Å². The molecule has 3 rings (SSSR count). The minimum atomic E-state index is 0.824. The van der Waals surface area contributed by atoms with E-state index in [4.69, 9.17) is 9.47 Å². The van der Waals surface area contributed by atoms with Crippen LogP contribution < -0.4 is 4.74 Å². The molecule has 0 N–H and O–H groups in total. The molecule has 0 aliphatic carbocycles. The molecule has 0 radical (unpaired) electrons. The maximum absolute atomic E-state index is 5.43. The monoisotopic (exact) mass is 283 g/mol. The molecule has 0 atom stereocenters. The zero-order valence-corrected chi connectivity index (χ0v) is 12.4. The molecule has 2 aromatic rings. The third-order valence-corrected chi connectivity index (χ3v) is 3.89. The highest BCUT2D eigenvalue weighted by Crippen LogP contribution is 2.28. The van der Waals surface area contributed by atoms with Crippen LogP contribution in [0.4, 0.5) is 0 Å². The second-order valence-corrected chi connectivity index (χ2v) is 5.28. The third-order valence-electron chi connectivity index (χ3n) is 3.89. The smallest absolute Gasteiger partial charge is 0.119 e. The van der Waals surface area contributed by atoms with E-state index in [-0.39, 0.29) is 0 Å². The van der Waals surface area contributed by atoms with Crippen LogP contribution in [0.1, 0.15) is 5.56 Å². The van der Waals surface area contributed by atoms with Crippen molar-refractivity contribution in [3.8, 4) is 16.9 Å². The fourth-order valence-electron chi connectivity index (χ4n) is 2.73. The van der Waals surface area contributed by atoms with Crippen LogP contribution in [0.2, 0.25) is 0 Å². The van der Waals surface area contributed by atoms with Crippen LogP contribution in [0.5, 0.6) is 5.75 Å². The molecule has 21 heavy (non-hydrogen) atoms. The number of morpholine rings is 1. The molecule has 3 heteroatoms. The lowest BCUT2D eigenvalue weighted by Crippen LogP contribution is -2.35. The van der Waals surface area contributed by atoms with E-state index in [0.717, 1.165) is 38.6 Å². The number of ether oxygens (including phenoxy) is 2. The lowest BCUT2D eigenvalue weighted by atomic mass is 9.99. The highest BCUT2D eigenvalue weighted by atomic mass is 16.5. The van der Waals surface area contributed by atoms with Crippen molar-refractivity contribution >= 4 is 0 Å². The summed E-state index contributed by atoms with van der Waals surface area (Å²) in [4.78, 5) is 2.44. The Morgan fingerprint density at radius 3 is 2.52 bits per heavy atom. The average Bonchev–Trinajstić information content (AvgIpc) is 2.56. The number of hydrogen-bond donors (Lipinski definition) is 0. The molecule has 0 aromatic heterocycles. The predicted octanol–water partition coefficient (Wildman–Crippen LogP) is 3.19. The number of nitrogens with zero attached hydrogens (tertiary/aromatic N) is 1. The van der Waals surface area contributed by atoms with Gasteiger partial charge in [-0.05, 0) is 28.8 Å². The maximum Gasteiger partial charge on any atom is 0.119 e. The summed E-state index contributed by atoms with van der Waals surface area (Å²) in [7, 11) is 1.72. The summed E-state index contributed by atoms with van der Waals surface area (Å²) in [5.41, 5.74) is 3.84. The van der Waals surface area contributed by atoms with Gasteiger partial charge in [0.15, 0.2) is 0 Å². The number of hydrogen-bond acceptors (Lipinski definition) is 3. The fourth-order valence-corrected chi connectivity index (χ4v) is 2.73. The molecule has 3 nitrogen and oxygen atoms in total. The van der Waals surface area contributed by atoms with Crippen molar-refractivity contribution in [3.63, 3.8) is 0 Å². The summed E-state index contributed by atoms with van der Waals surface area (Å²) in [6.45, 7) is 4.57. The molecule has 1 heterocycles. The van der Waals surface area contributed by atoms with Gasteiger partial charge in [-0.15, -0.1) is 0 Å². The minimum Gasteiger partial charge on any atom is -0.497 e. The van der Waals surface area contributed by atoms with E-state index in [9.17, 15) is 0 Å². The topological polar surface area (TPSA) is 21.7 Å². The summed E-state index contributed by atoms with van der Waals surface area (Å²) in [6, 6.07) is 16.9. The van der Waals surface area contributed by atoms with E-state index in [1.165, 1.54) is 16.7 Å². The van der Waals surface area contributed by atoms with E-state index in [1.54, 1.807) is 7.11 Å². The Hall–Kier alpha value is -1.84. The molecule has 1 aliphatic heterocycles. The standard InChI is InChI=1S/C18H21NO2/c1-20-17-7-8-18(15-5-3-2-4-6-15)16(13-17)14-19-9-11-21-12-10-19/h2-8,13H,9-12,14H2,1H3. The second kappa shape index (κ2) is 6.74. The summed E-state index contributed by atoms with van der Waals surface area (Å²) < 4.78 is 10.8. The molecule has 1 saturated heterocycles. The van der Waals surface area contributed by atoms with Gasteiger partial charge in [0.1, 0.15) is 5.75 Å². The van der Waals surface area contributed by atoms with E-state index < -0.39 is 0 Å². The molecular formula is C18H21NO2. The molecule has 1 fully saturated rings. The Morgan fingerprint density at radius 2 is 1.81 bits per heavy atom. The zero-order chi connectivity index (χ0) is 14.5. The number of methoxy groups -OCH3 is 1. The van der Waals surface area contributed by atoms with Crippen molar-refractivity contribution in [2.24, 2.45) is 0 Å². The first kappa shape index (κ1) is 14.1. The van der Waals surface area contributed by atoms with Crippen LogP contribution in [0.3, 0.4) is 0 Å². The quantitative estimate of drug-likeness (QED) is 0.860. The van der Waals surface area contributed by atoms with Gasteiger partial charge in [-0.1, -0.05) is 36.4 Å². The Labute approximate surface area is 126 Å². The van der Waals surface area contributed by atoms with Crippen molar-refractivity contribution in [1.29, 1.82) is 0 Å². The number of rotatable bonds is 4. The van der Waals surface area contributed by atoms with Crippen LogP contribution in [0, 0.1) is 0 Å². The molecule has 0 spiro atoms. The van der Waals surface area contributed by atoms with Crippen LogP contribution in [-0.2, 0) is 11.3 Å². The Kier molecular flexibility index (Phi) is 4.53. The fraction of sp³-hybridized carbons (Fsp3) is 0.333. The molecule has 0 bridgehead atoms. The number of benzene rings is 2. The van der Waals surface area contributed by atoms with Crippen LogP contribution in [-0.4, -0.2) is 38.3 Å². The Bertz CT molecular complexity index is 577. The minimum absolute atomic E-state index is 0.824. The molecule has 110 valence electrons. The van der Waals surface area contributed by atoms with Gasteiger partial charge in [0.05, 0.1) is 20.3 Å². The Balaban J connectivity index is 1.91. The van der Waals surface area contributed by atoms with Gasteiger partial charge in [-0.25, -0.2) is 0 Å². The summed E-state index contributed by atoms with van der Waals surface area (Å²) in [5.74, 6) is 0.915. The summed E-state index contributed by atoms with van der Waals surface area (Å²) in [6.07, 6.45) is 0. The van der Waals surface area contributed by atoms with Crippen molar-refractivity contribution in [2.45, 2.75) is 6.54 Å². The van der Waals surface area contributed by atoms with Crippen LogP contribution >= 0.6 is 0 Å². The van der Waals surface area contributed by atoms with Gasteiger partial charge < -0.3 is 9.47 Å². The first-order valence-corrected chi connectivity index (χ1v) is 7.39. The molecule has 0 saturated carbocycles. The van der Waals surface area contributed by atoms with Gasteiger partial charge in [-0.2, -0.15) is 0 Å². The van der Waals surface area contributed by atoms with Crippen LogP contribution in [0.25, 0.3) is 11.1 Å². The van der Waals surface area contributed by atoms with E-state index in [1.807, 2.05) is 6.07 Å². The lowest BCUT2D eigenvalue weighted by molar-refractivity contribution is 0.0342. The summed E-state index contributed by atoms with van der Waals surface area (Å²) in [5, 5.41) is 0. The van der Waals surface area contributed by atoms with Crippen LogP contribution in [0.15, 0.2) is 48.5 Å². The first-order valence-electron chi connectivity index (χ1n) is 7.39. The largest absolute Gasteiger partial charge is 0.497 e. The molecule has 2 aromatic carbocycles. The van der Waals surface area contributed by atoms with Crippen molar-refractivity contribution < 1.29 is 9.47 Å². The highest BCUT2D eigenvalue weighted by molar-refractivity contribution is 5.68. The van der Waals surface area contributed by atoms with E-state index in [0.29, 0.717) is 0 Å². The van der Waals surface area contributed by atoms with Gasteiger partial charge in [0.2, 0.25) is 0 Å². The van der Waals surface area contributed by atoms with Gasteiger partial charge >= 0.3 is 0 Å². The Morgan fingerprint density at radius 1 is 1.05 bits per heavy atom. The summed E-state index contributed by atoms with van der Waals surface area (Å²) >= 11 is 0. The van der Waals surface area contributed by atoms with Gasteiger partial charge in [-0.3, -0.25) is 4.90 Å². The molecular weight excluding hydrogens is 262 g/mol. The third kappa shape index (κ3) is 3.43. The first-order chi connectivity index (χ1) is 10.4. The zero-order valence-electron chi connectivity index (χ0n) is 12.4. The maximum atomic E-state index is 5.43. The van der Waals surface area contributed by atoms with E-state index in [2.05, 4.69) is 47.4 Å².